The third kappa shape index (κ3) is 2.04. The average Bonchev–Trinajstić information content (AvgIpc) is 3.07. The van der Waals surface area contributed by atoms with Crippen LogP contribution in [0.4, 0.5) is 11.5 Å². The number of aromatic amines is 1. The number of anilines is 1. The van der Waals surface area contributed by atoms with E-state index in [2.05, 4.69) is 10.2 Å². The summed E-state index contributed by atoms with van der Waals surface area (Å²) in [7, 11) is 0. The molecule has 20 heavy (non-hydrogen) atoms. The van der Waals surface area contributed by atoms with Crippen LogP contribution in [-0.4, -0.2) is 15.1 Å². The predicted octanol–water partition coefficient (Wildman–Crippen LogP) is 3.30. The summed E-state index contributed by atoms with van der Waals surface area (Å²) in [4.78, 5) is 11.4. The molecule has 2 heterocycles. The second-order valence-corrected chi connectivity index (χ2v) is 5.09. The molecule has 7 heteroatoms. The van der Waals surface area contributed by atoms with Crippen LogP contribution in [0.3, 0.4) is 0 Å². The molecule has 0 fully saturated rings. The molecule has 0 radical (unpaired) electrons. The van der Waals surface area contributed by atoms with Crippen LogP contribution in [0, 0.1) is 10.1 Å². The number of benzene rings is 1. The SMILES string of the molecule is Nc1n[nH]c(-c2cccc([N+](=O)[O-])c2)c1-c1cccs1. The summed E-state index contributed by atoms with van der Waals surface area (Å²) in [5.74, 6) is 0.383. The minimum atomic E-state index is -0.423. The van der Waals surface area contributed by atoms with Crippen LogP contribution in [0.25, 0.3) is 21.7 Å². The molecule has 0 aliphatic heterocycles. The van der Waals surface area contributed by atoms with Gasteiger partial charge in [-0.3, -0.25) is 15.2 Å². The molecule has 0 aliphatic carbocycles. The van der Waals surface area contributed by atoms with Gasteiger partial charge in [-0.2, -0.15) is 5.10 Å². The van der Waals surface area contributed by atoms with Crippen molar-refractivity contribution in [3.8, 4) is 21.7 Å². The lowest BCUT2D eigenvalue weighted by atomic mass is 10.1. The Balaban J connectivity index is 2.16. The zero-order valence-electron chi connectivity index (χ0n) is 10.2. The number of nitrogens with two attached hydrogens (primary N) is 1. The first-order valence-corrected chi connectivity index (χ1v) is 6.67. The fraction of sp³-hybridized carbons (Fsp3) is 0. The van der Waals surface area contributed by atoms with Gasteiger partial charge in [-0.05, 0) is 11.4 Å². The fourth-order valence-corrected chi connectivity index (χ4v) is 2.80. The molecule has 3 aromatic rings. The molecule has 0 aliphatic rings. The Labute approximate surface area is 118 Å². The Morgan fingerprint density at radius 2 is 2.15 bits per heavy atom. The zero-order chi connectivity index (χ0) is 14.1. The lowest BCUT2D eigenvalue weighted by Crippen LogP contribution is -1.89. The monoisotopic (exact) mass is 286 g/mol. The number of aromatic nitrogens is 2. The van der Waals surface area contributed by atoms with E-state index in [1.165, 1.54) is 12.1 Å². The maximum atomic E-state index is 10.9. The van der Waals surface area contributed by atoms with Gasteiger partial charge in [0, 0.05) is 22.6 Å². The van der Waals surface area contributed by atoms with Crippen molar-refractivity contribution in [2.75, 3.05) is 5.73 Å². The Morgan fingerprint density at radius 3 is 2.85 bits per heavy atom. The molecule has 1 aromatic carbocycles. The van der Waals surface area contributed by atoms with Crippen molar-refractivity contribution in [1.29, 1.82) is 0 Å². The maximum absolute atomic E-state index is 10.9. The van der Waals surface area contributed by atoms with Gasteiger partial charge < -0.3 is 5.73 Å². The van der Waals surface area contributed by atoms with E-state index in [4.69, 9.17) is 5.73 Å². The molecule has 0 saturated carbocycles. The van der Waals surface area contributed by atoms with E-state index < -0.39 is 4.92 Å². The zero-order valence-corrected chi connectivity index (χ0v) is 11.1. The van der Waals surface area contributed by atoms with Gasteiger partial charge in [-0.15, -0.1) is 11.3 Å². The first-order valence-electron chi connectivity index (χ1n) is 5.79. The summed E-state index contributed by atoms with van der Waals surface area (Å²) in [5, 5.41) is 19.7. The number of nitrogen functional groups attached to an aromatic ring is 1. The summed E-state index contributed by atoms with van der Waals surface area (Å²) in [6.07, 6.45) is 0. The molecule has 0 atom stereocenters. The Bertz CT molecular complexity index is 765. The van der Waals surface area contributed by atoms with E-state index in [0.717, 1.165) is 10.4 Å². The third-order valence-corrected chi connectivity index (χ3v) is 3.79. The van der Waals surface area contributed by atoms with Crippen molar-refractivity contribution in [3.63, 3.8) is 0 Å². The van der Waals surface area contributed by atoms with Gasteiger partial charge in [0.2, 0.25) is 0 Å². The summed E-state index contributed by atoms with van der Waals surface area (Å²) >= 11 is 1.54. The molecule has 6 nitrogen and oxygen atoms in total. The van der Waals surface area contributed by atoms with Gasteiger partial charge >= 0.3 is 0 Å². The van der Waals surface area contributed by atoms with Gasteiger partial charge in [0.15, 0.2) is 5.82 Å². The molecule has 0 saturated heterocycles. The standard InChI is InChI=1S/C13H10N4O2S/c14-13-11(10-5-2-6-20-10)12(15-16-13)8-3-1-4-9(7-8)17(18)19/h1-7H,(H3,14,15,16). The molecular formula is C13H10N4O2S. The molecule has 3 N–H and O–H groups in total. The average molecular weight is 286 g/mol. The van der Waals surface area contributed by atoms with Gasteiger partial charge in [0.1, 0.15) is 0 Å². The van der Waals surface area contributed by atoms with Crippen LogP contribution >= 0.6 is 11.3 Å². The second-order valence-electron chi connectivity index (χ2n) is 4.14. The lowest BCUT2D eigenvalue weighted by molar-refractivity contribution is -0.384. The first-order chi connectivity index (χ1) is 9.66. The number of nitro groups is 1. The number of non-ortho nitro benzene ring substituents is 1. The Hall–Kier alpha value is -2.67. The minimum Gasteiger partial charge on any atom is -0.382 e. The number of H-pyrrole nitrogens is 1. The van der Waals surface area contributed by atoms with E-state index >= 15 is 0 Å². The van der Waals surface area contributed by atoms with Gasteiger partial charge in [-0.1, -0.05) is 18.2 Å². The summed E-state index contributed by atoms with van der Waals surface area (Å²) in [6.45, 7) is 0. The number of nitrogens with one attached hydrogen (secondary N) is 1. The molecule has 0 bridgehead atoms. The highest BCUT2D eigenvalue weighted by Gasteiger charge is 2.17. The third-order valence-electron chi connectivity index (χ3n) is 2.91. The summed E-state index contributed by atoms with van der Waals surface area (Å²) < 4.78 is 0. The van der Waals surface area contributed by atoms with Crippen molar-refractivity contribution in [2.45, 2.75) is 0 Å². The van der Waals surface area contributed by atoms with Crippen LogP contribution in [-0.2, 0) is 0 Å². The van der Waals surface area contributed by atoms with Crippen LogP contribution in [0.1, 0.15) is 0 Å². The van der Waals surface area contributed by atoms with Crippen LogP contribution in [0.15, 0.2) is 41.8 Å². The Kier molecular flexibility index (Phi) is 2.96. The largest absolute Gasteiger partial charge is 0.382 e. The molecule has 0 amide bonds. The van der Waals surface area contributed by atoms with E-state index in [1.54, 1.807) is 23.5 Å². The highest BCUT2D eigenvalue weighted by atomic mass is 32.1. The molecule has 3 rings (SSSR count). The number of hydrogen-bond acceptors (Lipinski definition) is 5. The number of rotatable bonds is 3. The number of hydrogen-bond donors (Lipinski definition) is 2. The smallest absolute Gasteiger partial charge is 0.270 e. The number of thiophene rings is 1. The molecule has 0 spiro atoms. The number of nitrogens with zero attached hydrogens (tertiary/aromatic N) is 2. The van der Waals surface area contributed by atoms with Gasteiger partial charge in [0.25, 0.3) is 5.69 Å². The van der Waals surface area contributed by atoms with E-state index in [0.29, 0.717) is 17.1 Å². The van der Waals surface area contributed by atoms with Crippen LogP contribution in [0.2, 0.25) is 0 Å². The topological polar surface area (TPSA) is 97.8 Å². The molecular weight excluding hydrogens is 276 g/mol. The van der Waals surface area contributed by atoms with Crippen molar-refractivity contribution in [3.05, 3.63) is 51.9 Å². The van der Waals surface area contributed by atoms with Crippen molar-refractivity contribution in [1.82, 2.24) is 10.2 Å². The molecule has 0 unspecified atom stereocenters. The van der Waals surface area contributed by atoms with E-state index in [1.807, 2.05) is 17.5 Å². The Morgan fingerprint density at radius 1 is 1.30 bits per heavy atom. The van der Waals surface area contributed by atoms with E-state index in [9.17, 15) is 10.1 Å². The first kappa shape index (κ1) is 12.4. The minimum absolute atomic E-state index is 0.0350. The van der Waals surface area contributed by atoms with Gasteiger partial charge in [0.05, 0.1) is 16.2 Å². The summed E-state index contributed by atoms with van der Waals surface area (Å²) in [5.41, 5.74) is 8.09. The predicted molar refractivity (Wildman–Crippen MR) is 78.4 cm³/mol. The molecule has 100 valence electrons. The highest BCUT2D eigenvalue weighted by molar-refractivity contribution is 7.13. The number of nitro benzene ring substituents is 1. The van der Waals surface area contributed by atoms with Crippen LogP contribution < -0.4 is 5.73 Å². The molecule has 2 aromatic heterocycles. The van der Waals surface area contributed by atoms with Crippen LogP contribution in [0.5, 0.6) is 0 Å². The van der Waals surface area contributed by atoms with Crippen molar-refractivity contribution >= 4 is 22.8 Å². The maximum Gasteiger partial charge on any atom is 0.270 e. The van der Waals surface area contributed by atoms with Crippen molar-refractivity contribution < 1.29 is 4.92 Å². The second kappa shape index (κ2) is 4.78. The van der Waals surface area contributed by atoms with E-state index in [-0.39, 0.29) is 5.69 Å². The van der Waals surface area contributed by atoms with Crippen molar-refractivity contribution in [2.24, 2.45) is 0 Å². The normalized spacial score (nSPS) is 10.6. The summed E-state index contributed by atoms with van der Waals surface area (Å²) in [6, 6.07) is 10.2. The fourth-order valence-electron chi connectivity index (χ4n) is 2.01. The quantitative estimate of drug-likeness (QED) is 0.570. The van der Waals surface area contributed by atoms with Gasteiger partial charge in [-0.25, -0.2) is 0 Å². The highest BCUT2D eigenvalue weighted by Crippen LogP contribution is 2.37. The lowest BCUT2D eigenvalue weighted by Gasteiger charge is -2.02.